The van der Waals surface area contributed by atoms with Gasteiger partial charge in [0.2, 0.25) is 0 Å². The lowest BCUT2D eigenvalue weighted by Crippen LogP contribution is -2.23. The molecular formula is C23H26N4O3. The molecule has 1 aromatic heterocycles. The SMILES string of the molecule is CC(C)Oc1ccc(NC(N)=NCc2cccc(C(=O)NCc3ccco3)c2)cc1. The van der Waals surface area contributed by atoms with Gasteiger partial charge in [-0.3, -0.25) is 4.79 Å². The van der Waals surface area contributed by atoms with Crippen LogP contribution in [0.25, 0.3) is 0 Å². The molecule has 0 atom stereocenters. The molecule has 0 aliphatic carbocycles. The third kappa shape index (κ3) is 6.41. The van der Waals surface area contributed by atoms with Gasteiger partial charge in [0.25, 0.3) is 5.91 Å². The fraction of sp³-hybridized carbons (Fsp3) is 0.217. The summed E-state index contributed by atoms with van der Waals surface area (Å²) in [6.07, 6.45) is 1.70. The molecule has 0 saturated carbocycles. The number of rotatable bonds is 8. The summed E-state index contributed by atoms with van der Waals surface area (Å²) in [6, 6.07) is 18.4. The molecular weight excluding hydrogens is 380 g/mol. The van der Waals surface area contributed by atoms with Crippen LogP contribution in [0.15, 0.2) is 76.3 Å². The van der Waals surface area contributed by atoms with E-state index in [9.17, 15) is 4.79 Å². The number of nitrogens with one attached hydrogen (secondary N) is 2. The molecule has 0 bridgehead atoms. The van der Waals surface area contributed by atoms with E-state index in [1.807, 2.05) is 56.3 Å². The molecule has 1 heterocycles. The first-order chi connectivity index (χ1) is 14.5. The third-order valence-corrected chi connectivity index (χ3v) is 4.12. The molecule has 1 amide bonds. The molecule has 7 nitrogen and oxygen atoms in total. The van der Waals surface area contributed by atoms with Crippen molar-refractivity contribution >= 4 is 17.6 Å². The van der Waals surface area contributed by atoms with E-state index in [1.165, 1.54) is 0 Å². The number of ether oxygens (including phenoxy) is 1. The standard InChI is InChI=1S/C23H26N4O3/c1-16(2)30-20-10-8-19(9-11-20)27-23(24)26-14-17-5-3-6-18(13-17)22(28)25-15-21-7-4-12-29-21/h3-13,16H,14-15H2,1-2H3,(H,25,28)(H3,24,26,27). The van der Waals surface area contributed by atoms with E-state index in [0.717, 1.165) is 17.0 Å². The van der Waals surface area contributed by atoms with Crippen LogP contribution in [-0.4, -0.2) is 18.0 Å². The first-order valence-electron chi connectivity index (χ1n) is 9.73. The van der Waals surface area contributed by atoms with E-state index in [0.29, 0.717) is 30.4 Å². The quantitative estimate of drug-likeness (QED) is 0.389. The largest absolute Gasteiger partial charge is 0.491 e. The van der Waals surface area contributed by atoms with E-state index < -0.39 is 0 Å². The van der Waals surface area contributed by atoms with Gasteiger partial charge in [-0.25, -0.2) is 4.99 Å². The Bertz CT molecular complexity index is 980. The summed E-state index contributed by atoms with van der Waals surface area (Å²) in [6.45, 7) is 4.65. The first kappa shape index (κ1) is 21.0. The highest BCUT2D eigenvalue weighted by Gasteiger charge is 2.07. The summed E-state index contributed by atoms with van der Waals surface area (Å²) in [4.78, 5) is 16.7. The fourth-order valence-corrected chi connectivity index (χ4v) is 2.75. The lowest BCUT2D eigenvalue weighted by atomic mass is 10.1. The van der Waals surface area contributed by atoms with E-state index in [4.69, 9.17) is 14.9 Å². The second kappa shape index (κ2) is 10.2. The molecule has 0 spiro atoms. The van der Waals surface area contributed by atoms with Gasteiger partial charge in [0.1, 0.15) is 11.5 Å². The number of carbonyl (C=O) groups is 1. The van der Waals surface area contributed by atoms with Gasteiger partial charge in [-0.1, -0.05) is 12.1 Å². The minimum Gasteiger partial charge on any atom is -0.491 e. The molecule has 0 fully saturated rings. The second-order valence-electron chi connectivity index (χ2n) is 6.98. The summed E-state index contributed by atoms with van der Waals surface area (Å²) in [5, 5.41) is 5.88. The van der Waals surface area contributed by atoms with Crippen LogP contribution in [0.4, 0.5) is 5.69 Å². The fourth-order valence-electron chi connectivity index (χ4n) is 2.75. The molecule has 30 heavy (non-hydrogen) atoms. The van der Waals surface area contributed by atoms with Crippen LogP contribution in [0.3, 0.4) is 0 Å². The van der Waals surface area contributed by atoms with Crippen LogP contribution < -0.4 is 21.1 Å². The van der Waals surface area contributed by atoms with Crippen molar-refractivity contribution in [1.29, 1.82) is 0 Å². The van der Waals surface area contributed by atoms with Crippen molar-refractivity contribution in [3.05, 3.63) is 83.8 Å². The smallest absolute Gasteiger partial charge is 0.251 e. The van der Waals surface area contributed by atoms with Gasteiger partial charge in [0, 0.05) is 11.3 Å². The summed E-state index contributed by atoms with van der Waals surface area (Å²) in [7, 11) is 0. The lowest BCUT2D eigenvalue weighted by molar-refractivity contribution is 0.0948. The zero-order chi connectivity index (χ0) is 21.3. The van der Waals surface area contributed by atoms with E-state index in [-0.39, 0.29) is 12.0 Å². The van der Waals surface area contributed by atoms with Crippen molar-refractivity contribution in [3.8, 4) is 5.75 Å². The van der Waals surface area contributed by atoms with Gasteiger partial charge in [-0.15, -0.1) is 0 Å². The number of aliphatic imine (C=N–C) groups is 1. The Kier molecular flexibility index (Phi) is 7.10. The first-order valence-corrected chi connectivity index (χ1v) is 9.73. The van der Waals surface area contributed by atoms with Crippen LogP contribution in [0.1, 0.15) is 35.5 Å². The molecule has 0 radical (unpaired) electrons. The molecule has 0 aliphatic rings. The Morgan fingerprint density at radius 1 is 1.13 bits per heavy atom. The molecule has 7 heteroatoms. The highest BCUT2D eigenvalue weighted by Crippen LogP contribution is 2.16. The Morgan fingerprint density at radius 3 is 2.63 bits per heavy atom. The number of hydrogen-bond donors (Lipinski definition) is 3. The molecule has 2 aromatic carbocycles. The Hall–Kier alpha value is -3.74. The zero-order valence-electron chi connectivity index (χ0n) is 17.1. The number of guanidine groups is 1. The maximum absolute atomic E-state index is 12.3. The summed E-state index contributed by atoms with van der Waals surface area (Å²) < 4.78 is 10.8. The van der Waals surface area contributed by atoms with Crippen molar-refractivity contribution in [2.75, 3.05) is 5.32 Å². The zero-order valence-corrected chi connectivity index (χ0v) is 17.1. The number of furan rings is 1. The molecule has 3 aromatic rings. The van der Waals surface area contributed by atoms with Crippen LogP contribution in [0.2, 0.25) is 0 Å². The maximum Gasteiger partial charge on any atom is 0.251 e. The van der Waals surface area contributed by atoms with Crippen LogP contribution in [0, 0.1) is 0 Å². The normalized spacial score (nSPS) is 11.4. The van der Waals surface area contributed by atoms with Gasteiger partial charge in [0.05, 0.1) is 25.5 Å². The van der Waals surface area contributed by atoms with Crippen molar-refractivity contribution < 1.29 is 13.9 Å². The number of anilines is 1. The number of nitrogens with two attached hydrogens (primary N) is 1. The molecule has 156 valence electrons. The highest BCUT2D eigenvalue weighted by atomic mass is 16.5. The Balaban J connectivity index is 1.54. The Labute approximate surface area is 176 Å². The van der Waals surface area contributed by atoms with Crippen molar-refractivity contribution in [2.24, 2.45) is 10.7 Å². The number of nitrogens with zero attached hydrogens (tertiary/aromatic N) is 1. The summed E-state index contributed by atoms with van der Waals surface area (Å²) in [5.41, 5.74) is 8.25. The van der Waals surface area contributed by atoms with Gasteiger partial charge in [-0.05, 0) is 67.9 Å². The number of benzene rings is 2. The summed E-state index contributed by atoms with van der Waals surface area (Å²) >= 11 is 0. The average Bonchev–Trinajstić information content (AvgIpc) is 3.25. The minimum atomic E-state index is -0.174. The van der Waals surface area contributed by atoms with E-state index in [1.54, 1.807) is 24.5 Å². The molecule has 3 rings (SSSR count). The number of carbonyl (C=O) groups excluding carboxylic acids is 1. The molecule has 0 unspecified atom stereocenters. The van der Waals surface area contributed by atoms with Crippen molar-refractivity contribution in [3.63, 3.8) is 0 Å². The monoisotopic (exact) mass is 406 g/mol. The minimum absolute atomic E-state index is 0.124. The molecule has 0 aliphatic heterocycles. The van der Waals surface area contributed by atoms with Crippen LogP contribution >= 0.6 is 0 Å². The van der Waals surface area contributed by atoms with E-state index >= 15 is 0 Å². The second-order valence-corrected chi connectivity index (χ2v) is 6.98. The summed E-state index contributed by atoms with van der Waals surface area (Å²) in [5.74, 6) is 1.62. The third-order valence-electron chi connectivity index (χ3n) is 4.12. The van der Waals surface area contributed by atoms with Crippen LogP contribution in [-0.2, 0) is 13.1 Å². The van der Waals surface area contributed by atoms with Crippen molar-refractivity contribution in [2.45, 2.75) is 33.0 Å². The molecule has 4 N–H and O–H groups in total. The lowest BCUT2D eigenvalue weighted by Gasteiger charge is -2.11. The predicted molar refractivity (Wildman–Crippen MR) is 117 cm³/mol. The van der Waals surface area contributed by atoms with Gasteiger partial charge in [-0.2, -0.15) is 0 Å². The Morgan fingerprint density at radius 2 is 1.93 bits per heavy atom. The van der Waals surface area contributed by atoms with E-state index in [2.05, 4.69) is 15.6 Å². The average molecular weight is 406 g/mol. The van der Waals surface area contributed by atoms with Gasteiger partial charge in [0.15, 0.2) is 5.96 Å². The van der Waals surface area contributed by atoms with Gasteiger partial charge < -0.3 is 25.5 Å². The molecule has 0 saturated heterocycles. The number of amides is 1. The highest BCUT2D eigenvalue weighted by molar-refractivity contribution is 5.94. The van der Waals surface area contributed by atoms with Crippen LogP contribution in [0.5, 0.6) is 5.75 Å². The predicted octanol–water partition coefficient (Wildman–Crippen LogP) is 3.92. The topological polar surface area (TPSA) is 102 Å². The maximum atomic E-state index is 12.3. The van der Waals surface area contributed by atoms with Crippen molar-refractivity contribution in [1.82, 2.24) is 5.32 Å². The van der Waals surface area contributed by atoms with Gasteiger partial charge >= 0.3 is 0 Å². The number of hydrogen-bond acceptors (Lipinski definition) is 4.